The Morgan fingerprint density at radius 1 is 1.26 bits per heavy atom. The first-order chi connectivity index (χ1) is 11.0. The van der Waals surface area contributed by atoms with Gasteiger partial charge in [-0.05, 0) is 42.0 Å². The van der Waals surface area contributed by atoms with Crippen LogP contribution in [-0.2, 0) is 11.3 Å². The molecule has 5 nitrogen and oxygen atoms in total. The maximum absolute atomic E-state index is 11.8. The van der Waals surface area contributed by atoms with Crippen molar-refractivity contribution >= 4 is 23.3 Å². The van der Waals surface area contributed by atoms with E-state index in [2.05, 4.69) is 10.3 Å². The van der Waals surface area contributed by atoms with E-state index in [4.69, 9.17) is 16.3 Å². The number of carbonyl (C=O) groups is 1. The molecule has 0 aliphatic rings. The monoisotopic (exact) mass is 333 g/mol. The van der Waals surface area contributed by atoms with E-state index in [0.29, 0.717) is 30.3 Å². The Kier molecular flexibility index (Phi) is 6.23. The quantitative estimate of drug-likeness (QED) is 0.846. The summed E-state index contributed by atoms with van der Waals surface area (Å²) < 4.78 is 5.50. The number of carbonyl (C=O) groups excluding carboxylic acids is 1. The first-order valence-electron chi connectivity index (χ1n) is 7.32. The van der Waals surface area contributed by atoms with Crippen LogP contribution in [0.4, 0.5) is 5.82 Å². The summed E-state index contributed by atoms with van der Waals surface area (Å²) in [5.41, 5.74) is 1.01. The van der Waals surface area contributed by atoms with Gasteiger partial charge in [-0.25, -0.2) is 4.98 Å². The number of hydrogen-bond acceptors (Lipinski definition) is 4. The molecule has 1 aromatic carbocycles. The van der Waals surface area contributed by atoms with Crippen LogP contribution < -0.4 is 15.0 Å². The lowest BCUT2D eigenvalue weighted by molar-refractivity contribution is -0.121. The van der Waals surface area contributed by atoms with Gasteiger partial charge in [0.2, 0.25) is 5.91 Å². The Hall–Kier alpha value is -2.27. The molecule has 0 unspecified atom stereocenters. The van der Waals surface area contributed by atoms with Crippen molar-refractivity contribution in [1.29, 1.82) is 0 Å². The largest absolute Gasteiger partial charge is 0.493 e. The average molecular weight is 334 g/mol. The molecule has 0 saturated heterocycles. The zero-order chi connectivity index (χ0) is 16.7. The van der Waals surface area contributed by atoms with E-state index in [1.54, 1.807) is 30.5 Å². The minimum atomic E-state index is -0.0535. The van der Waals surface area contributed by atoms with E-state index in [9.17, 15) is 4.79 Å². The molecule has 0 radical (unpaired) electrons. The van der Waals surface area contributed by atoms with Crippen molar-refractivity contribution in [3.63, 3.8) is 0 Å². The van der Waals surface area contributed by atoms with Crippen molar-refractivity contribution in [2.75, 3.05) is 25.6 Å². The van der Waals surface area contributed by atoms with Crippen molar-refractivity contribution < 1.29 is 9.53 Å². The molecule has 0 saturated carbocycles. The second-order valence-corrected chi connectivity index (χ2v) is 5.68. The van der Waals surface area contributed by atoms with Crippen LogP contribution in [0.3, 0.4) is 0 Å². The fourth-order valence-corrected chi connectivity index (χ4v) is 2.02. The van der Waals surface area contributed by atoms with E-state index in [1.165, 1.54) is 0 Å². The van der Waals surface area contributed by atoms with Gasteiger partial charge in [0, 0.05) is 31.9 Å². The lowest BCUT2D eigenvalue weighted by Gasteiger charge is -2.12. The molecule has 6 heteroatoms. The smallest absolute Gasteiger partial charge is 0.223 e. The highest BCUT2D eigenvalue weighted by Gasteiger charge is 2.04. The first-order valence-corrected chi connectivity index (χ1v) is 7.70. The van der Waals surface area contributed by atoms with Crippen molar-refractivity contribution in [3.8, 4) is 5.75 Å². The number of hydrogen-bond donors (Lipinski definition) is 1. The number of halogens is 1. The molecule has 2 aromatic rings. The Balaban J connectivity index is 1.72. The number of nitrogens with zero attached hydrogens (tertiary/aromatic N) is 2. The molecular formula is C17H20ClN3O2. The molecule has 1 aromatic heterocycles. The van der Waals surface area contributed by atoms with E-state index in [1.807, 2.05) is 31.1 Å². The highest BCUT2D eigenvalue weighted by Crippen LogP contribution is 2.15. The molecule has 0 aliphatic carbocycles. The summed E-state index contributed by atoms with van der Waals surface area (Å²) in [5.74, 6) is 1.51. The molecule has 1 heterocycles. The van der Waals surface area contributed by atoms with E-state index >= 15 is 0 Å². The van der Waals surface area contributed by atoms with Crippen LogP contribution in [0.1, 0.15) is 12.0 Å². The molecule has 0 fully saturated rings. The van der Waals surface area contributed by atoms with Gasteiger partial charge in [-0.15, -0.1) is 0 Å². The van der Waals surface area contributed by atoms with Crippen molar-refractivity contribution in [2.45, 2.75) is 13.0 Å². The number of rotatable bonds is 7. The predicted octanol–water partition coefficient (Wildman–Crippen LogP) is 2.89. The Morgan fingerprint density at radius 2 is 2.00 bits per heavy atom. The number of aromatic nitrogens is 1. The Morgan fingerprint density at radius 3 is 2.70 bits per heavy atom. The third-order valence-corrected chi connectivity index (χ3v) is 3.42. The van der Waals surface area contributed by atoms with Gasteiger partial charge in [0.1, 0.15) is 11.6 Å². The van der Waals surface area contributed by atoms with Gasteiger partial charge in [-0.3, -0.25) is 4.79 Å². The minimum absolute atomic E-state index is 0.0535. The molecule has 0 spiro atoms. The van der Waals surface area contributed by atoms with E-state index in [-0.39, 0.29) is 5.91 Å². The predicted molar refractivity (Wildman–Crippen MR) is 92.0 cm³/mol. The van der Waals surface area contributed by atoms with Gasteiger partial charge >= 0.3 is 0 Å². The van der Waals surface area contributed by atoms with Crippen molar-refractivity contribution in [1.82, 2.24) is 10.3 Å². The number of pyridine rings is 1. The maximum atomic E-state index is 11.8. The summed E-state index contributed by atoms with van der Waals surface area (Å²) in [6, 6.07) is 10.9. The van der Waals surface area contributed by atoms with Crippen LogP contribution in [0.2, 0.25) is 5.02 Å². The SMILES string of the molecule is CN(C)c1cc(CNC(=O)CCOc2ccc(Cl)cc2)ccn1. The molecule has 1 N–H and O–H groups in total. The second kappa shape index (κ2) is 8.39. The third kappa shape index (κ3) is 5.79. The molecule has 0 aliphatic heterocycles. The number of anilines is 1. The molecule has 1 amide bonds. The van der Waals surface area contributed by atoms with Crippen LogP contribution >= 0.6 is 11.6 Å². The van der Waals surface area contributed by atoms with Crippen LogP contribution in [0.25, 0.3) is 0 Å². The fourth-order valence-electron chi connectivity index (χ4n) is 1.90. The van der Waals surface area contributed by atoms with Crippen LogP contribution in [0, 0.1) is 0 Å². The van der Waals surface area contributed by atoms with Crippen molar-refractivity contribution in [2.24, 2.45) is 0 Å². The number of benzene rings is 1. The van der Waals surface area contributed by atoms with Crippen molar-refractivity contribution in [3.05, 3.63) is 53.2 Å². The van der Waals surface area contributed by atoms with Gasteiger partial charge in [-0.2, -0.15) is 0 Å². The van der Waals surface area contributed by atoms with Crippen LogP contribution in [0.15, 0.2) is 42.6 Å². The van der Waals surface area contributed by atoms with Gasteiger partial charge in [0.25, 0.3) is 0 Å². The molecule has 23 heavy (non-hydrogen) atoms. The lowest BCUT2D eigenvalue weighted by atomic mass is 10.2. The molecular weight excluding hydrogens is 314 g/mol. The molecule has 0 bridgehead atoms. The zero-order valence-electron chi connectivity index (χ0n) is 13.3. The second-order valence-electron chi connectivity index (χ2n) is 5.25. The minimum Gasteiger partial charge on any atom is -0.493 e. The van der Waals surface area contributed by atoms with Crippen LogP contribution in [0.5, 0.6) is 5.75 Å². The summed E-state index contributed by atoms with van der Waals surface area (Å²) in [6.45, 7) is 0.801. The molecule has 122 valence electrons. The van der Waals surface area contributed by atoms with Gasteiger partial charge in [0.05, 0.1) is 13.0 Å². The van der Waals surface area contributed by atoms with E-state index < -0.39 is 0 Å². The Bertz CT molecular complexity index is 645. The first kappa shape index (κ1) is 17.1. The lowest BCUT2D eigenvalue weighted by Crippen LogP contribution is -2.24. The number of amides is 1. The third-order valence-electron chi connectivity index (χ3n) is 3.17. The number of nitrogens with one attached hydrogen (secondary N) is 1. The van der Waals surface area contributed by atoms with Crippen LogP contribution in [-0.4, -0.2) is 31.6 Å². The summed E-state index contributed by atoms with van der Waals surface area (Å²) >= 11 is 5.80. The van der Waals surface area contributed by atoms with Gasteiger partial charge in [-0.1, -0.05) is 11.6 Å². The number of ether oxygens (including phenoxy) is 1. The molecule has 2 rings (SSSR count). The standard InChI is InChI=1S/C17H20ClN3O2/c1-21(2)16-11-13(7-9-19-16)12-20-17(22)8-10-23-15-5-3-14(18)4-6-15/h3-7,9,11H,8,10,12H2,1-2H3,(H,20,22). The Labute approximate surface area is 141 Å². The topological polar surface area (TPSA) is 54.5 Å². The fraction of sp³-hybridized carbons (Fsp3) is 0.294. The summed E-state index contributed by atoms with van der Waals surface area (Å²) in [4.78, 5) is 18.0. The maximum Gasteiger partial charge on any atom is 0.223 e. The summed E-state index contributed by atoms with van der Waals surface area (Å²) in [7, 11) is 3.86. The van der Waals surface area contributed by atoms with Gasteiger partial charge < -0.3 is 15.0 Å². The average Bonchev–Trinajstić information content (AvgIpc) is 2.55. The normalized spacial score (nSPS) is 10.2. The molecule has 0 atom stereocenters. The highest BCUT2D eigenvalue weighted by molar-refractivity contribution is 6.30. The summed E-state index contributed by atoms with van der Waals surface area (Å²) in [6.07, 6.45) is 2.04. The summed E-state index contributed by atoms with van der Waals surface area (Å²) in [5, 5.41) is 3.53. The zero-order valence-corrected chi connectivity index (χ0v) is 14.0. The highest BCUT2D eigenvalue weighted by atomic mass is 35.5. The van der Waals surface area contributed by atoms with Gasteiger partial charge in [0.15, 0.2) is 0 Å². The van der Waals surface area contributed by atoms with E-state index in [0.717, 1.165) is 11.4 Å².